The lowest BCUT2D eigenvalue weighted by Crippen LogP contribution is -1.90. The number of fused-ring (bicyclic) bond motifs is 1. The van der Waals surface area contributed by atoms with Gasteiger partial charge in [0.05, 0.1) is 10.7 Å². The molecule has 1 heterocycles. The van der Waals surface area contributed by atoms with Crippen molar-refractivity contribution >= 4 is 20.4 Å². The highest BCUT2D eigenvalue weighted by molar-refractivity contribution is 9.15. The molecule has 0 unspecified atom stereocenters. The van der Waals surface area contributed by atoms with Gasteiger partial charge in [0.2, 0.25) is 0 Å². The fraction of sp³-hybridized carbons (Fsp3) is 0.250. The highest BCUT2D eigenvalue weighted by Crippen LogP contribution is 2.30. The topological polar surface area (TPSA) is 13.1 Å². The van der Waals surface area contributed by atoms with Crippen molar-refractivity contribution in [3.05, 3.63) is 29.7 Å². The summed E-state index contributed by atoms with van der Waals surface area (Å²) in [6.07, 6.45) is 6.12. The fourth-order valence-corrected chi connectivity index (χ4v) is 1.77. The maximum Gasteiger partial charge on any atom is 0.143 e. The first kappa shape index (κ1) is 6.23. The van der Waals surface area contributed by atoms with E-state index in [0.717, 1.165) is 23.1 Å². The Morgan fingerprint density at radius 1 is 1.50 bits per heavy atom. The van der Waals surface area contributed by atoms with Gasteiger partial charge < -0.3 is 4.42 Å². The molecule has 2 heteroatoms. The molecule has 52 valence electrons. The van der Waals surface area contributed by atoms with E-state index >= 15 is 0 Å². The Hall–Kier alpha value is -0.500. The number of furan rings is 1. The zero-order valence-electron chi connectivity index (χ0n) is 5.43. The van der Waals surface area contributed by atoms with Gasteiger partial charge in [0, 0.05) is 0 Å². The highest BCUT2D eigenvalue weighted by atomic mass is 79.9. The number of allylic oxidation sites excluding steroid dienone is 1. The summed E-state index contributed by atoms with van der Waals surface area (Å²) >= 11 is 3.43. The Bertz CT molecular complexity index is 273. The molecule has 1 aromatic rings. The van der Waals surface area contributed by atoms with Crippen molar-refractivity contribution in [1.29, 1.82) is 0 Å². The Labute approximate surface area is 67.9 Å². The number of aryl methyl sites for hydroxylation is 1. The Morgan fingerprint density at radius 3 is 3.20 bits per heavy atom. The van der Waals surface area contributed by atoms with E-state index in [0.29, 0.717) is 0 Å². The fourth-order valence-electron chi connectivity index (χ4n) is 1.19. The van der Waals surface area contributed by atoms with Crippen LogP contribution in [0.15, 0.2) is 22.8 Å². The molecule has 0 amide bonds. The van der Waals surface area contributed by atoms with Crippen molar-refractivity contribution in [3.63, 3.8) is 0 Å². The second-order valence-electron chi connectivity index (χ2n) is 2.37. The summed E-state index contributed by atoms with van der Waals surface area (Å²) in [6, 6.07) is 2.03. The van der Waals surface area contributed by atoms with Crippen LogP contribution in [0.25, 0.3) is 4.48 Å². The number of hydrogen-bond donors (Lipinski definition) is 0. The Kier molecular flexibility index (Phi) is 1.42. The predicted molar refractivity (Wildman–Crippen MR) is 43.9 cm³/mol. The molecule has 0 fully saturated rings. The first-order valence-corrected chi connectivity index (χ1v) is 4.09. The summed E-state index contributed by atoms with van der Waals surface area (Å²) in [4.78, 5) is 0. The van der Waals surface area contributed by atoms with E-state index in [1.54, 1.807) is 6.26 Å². The van der Waals surface area contributed by atoms with Crippen LogP contribution in [-0.2, 0) is 6.42 Å². The monoisotopic (exact) mass is 198 g/mol. The van der Waals surface area contributed by atoms with Crippen LogP contribution in [0.4, 0.5) is 0 Å². The molecule has 1 nitrogen and oxygen atoms in total. The zero-order chi connectivity index (χ0) is 6.97. The average molecular weight is 199 g/mol. The van der Waals surface area contributed by atoms with Crippen LogP contribution in [0.1, 0.15) is 17.7 Å². The molecular weight excluding hydrogens is 192 g/mol. The maximum absolute atomic E-state index is 5.25. The van der Waals surface area contributed by atoms with E-state index in [9.17, 15) is 0 Å². The van der Waals surface area contributed by atoms with Crippen LogP contribution in [0.3, 0.4) is 0 Å². The molecule has 1 aliphatic carbocycles. The Balaban J connectivity index is 2.55. The van der Waals surface area contributed by atoms with Gasteiger partial charge in [-0.05, 0) is 40.4 Å². The number of hydrogen-bond acceptors (Lipinski definition) is 1. The molecule has 0 N–H and O–H groups in total. The minimum atomic E-state index is 1.01. The second-order valence-corrected chi connectivity index (χ2v) is 3.22. The lowest BCUT2D eigenvalue weighted by Gasteiger charge is -2.05. The normalized spacial score (nSPS) is 16.3. The van der Waals surface area contributed by atoms with Crippen molar-refractivity contribution in [2.45, 2.75) is 12.8 Å². The molecule has 0 spiro atoms. The minimum Gasteiger partial charge on any atom is -0.464 e. The van der Waals surface area contributed by atoms with Crippen LogP contribution < -0.4 is 0 Å². The van der Waals surface area contributed by atoms with Crippen molar-refractivity contribution in [2.75, 3.05) is 0 Å². The summed E-state index contributed by atoms with van der Waals surface area (Å²) in [5.41, 5.74) is 1.31. The van der Waals surface area contributed by atoms with Crippen molar-refractivity contribution < 1.29 is 4.42 Å². The maximum atomic E-state index is 5.25. The van der Waals surface area contributed by atoms with E-state index in [1.807, 2.05) is 6.07 Å². The smallest absolute Gasteiger partial charge is 0.143 e. The lowest BCUT2D eigenvalue weighted by atomic mass is 10.1. The molecule has 0 saturated heterocycles. The van der Waals surface area contributed by atoms with Gasteiger partial charge in [0.15, 0.2) is 0 Å². The molecular formula is C8H7BrO. The Morgan fingerprint density at radius 2 is 2.40 bits per heavy atom. The first-order valence-electron chi connectivity index (χ1n) is 3.30. The van der Waals surface area contributed by atoms with Gasteiger partial charge in [-0.2, -0.15) is 0 Å². The molecule has 1 aliphatic rings. The van der Waals surface area contributed by atoms with Crippen molar-refractivity contribution in [2.24, 2.45) is 0 Å². The van der Waals surface area contributed by atoms with Gasteiger partial charge in [-0.15, -0.1) is 0 Å². The molecule has 0 saturated carbocycles. The molecule has 0 radical (unpaired) electrons. The summed E-state index contributed by atoms with van der Waals surface area (Å²) in [5, 5.41) is 0. The van der Waals surface area contributed by atoms with E-state index in [1.165, 1.54) is 5.56 Å². The first-order chi connectivity index (χ1) is 4.88. The molecule has 0 atom stereocenters. The molecule has 2 rings (SSSR count). The van der Waals surface area contributed by atoms with Gasteiger partial charge in [-0.25, -0.2) is 0 Å². The molecule has 1 aromatic heterocycles. The lowest BCUT2D eigenvalue weighted by molar-refractivity contribution is 0.550. The zero-order valence-corrected chi connectivity index (χ0v) is 7.02. The van der Waals surface area contributed by atoms with Crippen LogP contribution in [0, 0.1) is 0 Å². The molecule has 0 aromatic carbocycles. The second kappa shape index (κ2) is 2.27. The van der Waals surface area contributed by atoms with Crippen molar-refractivity contribution in [3.8, 4) is 0 Å². The molecule has 0 bridgehead atoms. The average Bonchev–Trinajstić information content (AvgIpc) is 2.36. The molecule has 0 aliphatic heterocycles. The quantitative estimate of drug-likeness (QED) is 0.625. The van der Waals surface area contributed by atoms with Crippen molar-refractivity contribution in [1.82, 2.24) is 0 Å². The summed E-state index contributed by atoms with van der Waals surface area (Å²) in [5.74, 6) is 1.01. The largest absolute Gasteiger partial charge is 0.464 e. The summed E-state index contributed by atoms with van der Waals surface area (Å²) in [6.45, 7) is 0. The van der Waals surface area contributed by atoms with Gasteiger partial charge >= 0.3 is 0 Å². The van der Waals surface area contributed by atoms with Gasteiger partial charge in [-0.1, -0.05) is 6.08 Å². The van der Waals surface area contributed by atoms with Crippen LogP contribution in [0.5, 0.6) is 0 Å². The number of halogens is 1. The standard InChI is InChI=1S/C8H7BrO/c9-7-3-1-2-6-4-5-10-8(6)7/h3-5H,1-2H2. The minimum absolute atomic E-state index is 1.01. The van der Waals surface area contributed by atoms with Crippen LogP contribution >= 0.6 is 15.9 Å². The van der Waals surface area contributed by atoms with E-state index in [2.05, 4.69) is 22.0 Å². The third kappa shape index (κ3) is 0.833. The summed E-state index contributed by atoms with van der Waals surface area (Å²) < 4.78 is 6.35. The molecule has 10 heavy (non-hydrogen) atoms. The van der Waals surface area contributed by atoms with Gasteiger partial charge in [0.1, 0.15) is 5.76 Å². The van der Waals surface area contributed by atoms with Gasteiger partial charge in [-0.3, -0.25) is 0 Å². The predicted octanol–water partition coefficient (Wildman–Crippen LogP) is 2.96. The van der Waals surface area contributed by atoms with Crippen LogP contribution in [-0.4, -0.2) is 0 Å². The van der Waals surface area contributed by atoms with Crippen LogP contribution in [0.2, 0.25) is 0 Å². The number of rotatable bonds is 0. The van der Waals surface area contributed by atoms with E-state index < -0.39 is 0 Å². The third-order valence-corrected chi connectivity index (χ3v) is 2.38. The SMILES string of the molecule is BrC1=CCCc2ccoc21. The van der Waals surface area contributed by atoms with E-state index in [-0.39, 0.29) is 0 Å². The van der Waals surface area contributed by atoms with Gasteiger partial charge in [0.25, 0.3) is 0 Å². The summed E-state index contributed by atoms with van der Waals surface area (Å²) in [7, 11) is 0. The van der Waals surface area contributed by atoms with E-state index in [4.69, 9.17) is 4.42 Å². The highest BCUT2D eigenvalue weighted by Gasteiger charge is 2.12. The third-order valence-electron chi connectivity index (χ3n) is 1.70.